The van der Waals surface area contributed by atoms with Crippen molar-refractivity contribution in [1.29, 1.82) is 5.26 Å². The lowest BCUT2D eigenvalue weighted by molar-refractivity contribution is -0.137. The highest BCUT2D eigenvalue weighted by Gasteiger charge is 2.40. The number of carbonyl (C=O) groups is 3. The van der Waals surface area contributed by atoms with Crippen molar-refractivity contribution < 1.29 is 19.1 Å². The molecule has 1 saturated heterocycles. The Morgan fingerprint density at radius 3 is 2.70 bits per heavy atom. The van der Waals surface area contributed by atoms with Gasteiger partial charge in [-0.1, -0.05) is 15.9 Å². The van der Waals surface area contributed by atoms with Crippen LogP contribution in [0.5, 0.6) is 5.75 Å². The zero-order chi connectivity index (χ0) is 21.3. The van der Waals surface area contributed by atoms with Crippen molar-refractivity contribution in [1.82, 2.24) is 9.80 Å². The van der Waals surface area contributed by atoms with Gasteiger partial charge in [-0.2, -0.15) is 5.26 Å². The number of anilines is 1. The molecule has 3 amide bonds. The first-order chi connectivity index (χ1) is 14.5. The van der Waals surface area contributed by atoms with Gasteiger partial charge in [0, 0.05) is 17.6 Å². The normalized spacial score (nSPS) is 17.9. The number of carbonyl (C=O) groups excluding carboxylic acids is 3. The van der Waals surface area contributed by atoms with E-state index >= 15 is 0 Å². The summed E-state index contributed by atoms with van der Waals surface area (Å²) in [5.74, 6) is -0.362. The molecule has 30 heavy (non-hydrogen) atoms. The van der Waals surface area contributed by atoms with Crippen LogP contribution in [0.1, 0.15) is 15.9 Å². The van der Waals surface area contributed by atoms with Gasteiger partial charge in [-0.15, -0.1) is 0 Å². The van der Waals surface area contributed by atoms with Gasteiger partial charge >= 0.3 is 0 Å². The third-order valence-corrected chi connectivity index (χ3v) is 5.61. The summed E-state index contributed by atoms with van der Waals surface area (Å²) in [7, 11) is 0. The molecule has 2 aromatic rings. The Hall–Kier alpha value is -3.38. The number of ether oxygens (including phenoxy) is 1. The third kappa shape index (κ3) is 3.86. The van der Waals surface area contributed by atoms with Crippen LogP contribution in [0.2, 0.25) is 0 Å². The second-order valence-corrected chi connectivity index (χ2v) is 7.87. The van der Waals surface area contributed by atoms with Gasteiger partial charge in [0.2, 0.25) is 5.91 Å². The smallest absolute Gasteiger partial charge is 0.260 e. The predicted molar refractivity (Wildman–Crippen MR) is 111 cm³/mol. The van der Waals surface area contributed by atoms with Crippen LogP contribution in [-0.2, 0) is 9.59 Å². The molecule has 1 unspecified atom stereocenters. The van der Waals surface area contributed by atoms with Crippen molar-refractivity contribution in [2.24, 2.45) is 0 Å². The lowest BCUT2D eigenvalue weighted by Crippen LogP contribution is -2.60. The van der Waals surface area contributed by atoms with E-state index in [1.165, 1.54) is 9.80 Å². The maximum atomic E-state index is 13.0. The summed E-state index contributed by atoms with van der Waals surface area (Å²) in [6.45, 7) is 0.476. The molecule has 0 aliphatic carbocycles. The Balaban J connectivity index is 1.44. The van der Waals surface area contributed by atoms with Crippen LogP contribution in [-0.4, -0.2) is 59.8 Å². The molecular weight excluding hydrogens is 452 g/mol. The van der Waals surface area contributed by atoms with Gasteiger partial charge in [0.1, 0.15) is 11.8 Å². The van der Waals surface area contributed by atoms with E-state index in [-0.39, 0.29) is 37.4 Å². The zero-order valence-corrected chi connectivity index (χ0v) is 17.4. The van der Waals surface area contributed by atoms with Gasteiger partial charge in [0.05, 0.1) is 29.4 Å². The highest BCUT2D eigenvalue weighted by atomic mass is 79.9. The number of fused-ring (bicyclic) bond motifs is 2. The molecular formula is C21H17BrN4O4. The predicted octanol–water partition coefficient (Wildman–Crippen LogP) is 2.00. The minimum absolute atomic E-state index is 0.0995. The number of hydrogen-bond acceptors (Lipinski definition) is 5. The standard InChI is InChI=1S/C21H17BrN4O4/c22-14-3-6-17-16(9-14)21(29)26-8-7-25(11-18(26)20(28)24-17)19(27)12-30-15-4-1-13(10-23)2-5-15/h1-6,9,18H,7-8,11-12H2,(H,24,28). The van der Waals surface area contributed by atoms with Crippen molar-refractivity contribution in [3.05, 3.63) is 58.1 Å². The molecule has 0 bridgehead atoms. The number of rotatable bonds is 3. The second-order valence-electron chi connectivity index (χ2n) is 6.96. The fourth-order valence-corrected chi connectivity index (χ4v) is 3.87. The molecule has 9 heteroatoms. The van der Waals surface area contributed by atoms with Gasteiger partial charge < -0.3 is 19.9 Å². The molecule has 0 saturated carbocycles. The number of nitriles is 1. The van der Waals surface area contributed by atoms with Crippen molar-refractivity contribution >= 4 is 39.3 Å². The van der Waals surface area contributed by atoms with Crippen LogP contribution in [0.3, 0.4) is 0 Å². The van der Waals surface area contributed by atoms with Crippen molar-refractivity contribution in [3.63, 3.8) is 0 Å². The molecule has 1 fully saturated rings. The van der Waals surface area contributed by atoms with Crippen LogP contribution in [0.4, 0.5) is 5.69 Å². The van der Waals surface area contributed by atoms with E-state index < -0.39 is 6.04 Å². The van der Waals surface area contributed by atoms with Crippen molar-refractivity contribution in [3.8, 4) is 11.8 Å². The van der Waals surface area contributed by atoms with Gasteiger partial charge in [-0.25, -0.2) is 0 Å². The molecule has 0 aromatic heterocycles. The minimum Gasteiger partial charge on any atom is -0.484 e. The summed E-state index contributed by atoms with van der Waals surface area (Å²) in [6.07, 6.45) is 0. The van der Waals surface area contributed by atoms with E-state index in [2.05, 4.69) is 21.2 Å². The van der Waals surface area contributed by atoms with Crippen LogP contribution < -0.4 is 10.1 Å². The average Bonchev–Trinajstić information content (AvgIpc) is 2.87. The molecule has 1 N–H and O–H groups in total. The lowest BCUT2D eigenvalue weighted by atomic mass is 10.1. The molecule has 2 aromatic carbocycles. The summed E-state index contributed by atoms with van der Waals surface area (Å²) in [5.41, 5.74) is 1.38. The van der Waals surface area contributed by atoms with Crippen LogP contribution in [0.15, 0.2) is 46.9 Å². The first-order valence-corrected chi connectivity index (χ1v) is 10.1. The summed E-state index contributed by atoms with van der Waals surface area (Å²) in [5, 5.41) is 11.6. The molecule has 1 atom stereocenters. The summed E-state index contributed by atoms with van der Waals surface area (Å²) in [4.78, 5) is 41.4. The van der Waals surface area contributed by atoms with Gasteiger partial charge in [0.25, 0.3) is 11.8 Å². The third-order valence-electron chi connectivity index (χ3n) is 5.11. The Morgan fingerprint density at radius 1 is 1.20 bits per heavy atom. The number of nitrogens with zero attached hydrogens (tertiary/aromatic N) is 3. The SMILES string of the molecule is N#Cc1ccc(OCC(=O)N2CCN3C(=O)c4cc(Br)ccc4NC(=O)C3C2)cc1. The molecule has 0 spiro atoms. The van der Waals surface area contributed by atoms with Crippen LogP contribution in [0.25, 0.3) is 0 Å². The highest BCUT2D eigenvalue weighted by molar-refractivity contribution is 9.10. The topological polar surface area (TPSA) is 103 Å². The number of nitrogens with one attached hydrogen (secondary N) is 1. The molecule has 2 aliphatic heterocycles. The van der Waals surface area contributed by atoms with Crippen molar-refractivity contribution in [2.45, 2.75) is 6.04 Å². The summed E-state index contributed by atoms with van der Waals surface area (Å²) in [6, 6.07) is 12.8. The molecule has 152 valence electrons. The van der Waals surface area contributed by atoms with Crippen molar-refractivity contribution in [2.75, 3.05) is 31.6 Å². The summed E-state index contributed by atoms with van der Waals surface area (Å²) >= 11 is 3.35. The van der Waals surface area contributed by atoms with Gasteiger partial charge in [0.15, 0.2) is 6.61 Å². The lowest BCUT2D eigenvalue weighted by Gasteiger charge is -2.39. The van der Waals surface area contributed by atoms with E-state index in [1.807, 2.05) is 6.07 Å². The molecule has 2 aliphatic rings. The summed E-state index contributed by atoms with van der Waals surface area (Å²) < 4.78 is 6.25. The van der Waals surface area contributed by atoms with E-state index in [0.717, 1.165) is 4.47 Å². The number of hydrogen-bond donors (Lipinski definition) is 1. The number of benzene rings is 2. The monoisotopic (exact) mass is 468 g/mol. The number of halogens is 1. The molecule has 2 heterocycles. The van der Waals surface area contributed by atoms with Crippen LogP contribution in [0, 0.1) is 11.3 Å². The Kier molecular flexibility index (Phi) is 5.42. The Labute approximate surface area is 181 Å². The first kappa shape index (κ1) is 19.9. The van der Waals surface area contributed by atoms with E-state index in [0.29, 0.717) is 29.1 Å². The van der Waals surface area contributed by atoms with E-state index in [1.54, 1.807) is 42.5 Å². The van der Waals surface area contributed by atoms with E-state index in [4.69, 9.17) is 10.00 Å². The number of piperazine rings is 1. The van der Waals surface area contributed by atoms with Gasteiger partial charge in [-0.05, 0) is 42.5 Å². The quantitative estimate of drug-likeness (QED) is 0.741. The zero-order valence-electron chi connectivity index (χ0n) is 15.8. The van der Waals surface area contributed by atoms with E-state index in [9.17, 15) is 14.4 Å². The highest BCUT2D eigenvalue weighted by Crippen LogP contribution is 2.28. The Bertz CT molecular complexity index is 1060. The number of amides is 3. The van der Waals surface area contributed by atoms with Gasteiger partial charge in [-0.3, -0.25) is 14.4 Å². The molecule has 0 radical (unpaired) electrons. The maximum absolute atomic E-state index is 13.0. The first-order valence-electron chi connectivity index (χ1n) is 9.28. The van der Waals surface area contributed by atoms with Crippen LogP contribution >= 0.6 is 15.9 Å². The molecule has 8 nitrogen and oxygen atoms in total. The fraction of sp³-hybridized carbons (Fsp3) is 0.238. The average molecular weight is 469 g/mol. The maximum Gasteiger partial charge on any atom is 0.260 e. The molecule has 4 rings (SSSR count). The second kappa shape index (κ2) is 8.16. The largest absolute Gasteiger partial charge is 0.484 e. The minimum atomic E-state index is -0.767. The fourth-order valence-electron chi connectivity index (χ4n) is 3.51. The Morgan fingerprint density at radius 2 is 1.97 bits per heavy atom.